The number of carboxylic acids is 1. The van der Waals surface area contributed by atoms with Crippen molar-refractivity contribution in [3.8, 4) is 0 Å². The number of rotatable bonds is 2. The molecule has 1 saturated heterocycles. The summed E-state index contributed by atoms with van der Waals surface area (Å²) in [4.78, 5) is 29.4. The van der Waals surface area contributed by atoms with Crippen LogP contribution in [-0.4, -0.2) is 44.4 Å². The van der Waals surface area contributed by atoms with Crippen molar-refractivity contribution in [3.63, 3.8) is 0 Å². The Bertz CT molecular complexity index is 661. The predicted molar refractivity (Wildman–Crippen MR) is 71.5 cm³/mol. The van der Waals surface area contributed by atoms with Gasteiger partial charge in [0, 0.05) is 25.5 Å². The van der Waals surface area contributed by atoms with Crippen molar-refractivity contribution in [2.45, 2.75) is 13.3 Å². The van der Waals surface area contributed by atoms with Crippen LogP contribution in [0.4, 0.5) is 0 Å². The molecule has 1 unspecified atom stereocenters. The Morgan fingerprint density at radius 3 is 2.85 bits per heavy atom. The number of aromatic nitrogens is 2. The minimum Gasteiger partial charge on any atom is -0.481 e. The summed E-state index contributed by atoms with van der Waals surface area (Å²) in [6, 6.07) is 5.54. The highest BCUT2D eigenvalue weighted by Crippen LogP contribution is 2.30. The molecule has 0 aromatic carbocycles. The lowest BCUT2D eigenvalue weighted by Gasteiger charge is -2.19. The second kappa shape index (κ2) is 4.33. The van der Waals surface area contributed by atoms with Crippen molar-refractivity contribution in [2.75, 3.05) is 13.1 Å². The summed E-state index contributed by atoms with van der Waals surface area (Å²) in [5.41, 5.74) is 0.205. The molecule has 0 saturated carbocycles. The van der Waals surface area contributed by atoms with E-state index in [2.05, 4.69) is 4.98 Å². The molecule has 1 N–H and O–H groups in total. The maximum absolute atomic E-state index is 12.4. The van der Waals surface area contributed by atoms with Gasteiger partial charge in [-0.15, -0.1) is 0 Å². The van der Waals surface area contributed by atoms with Gasteiger partial charge in [0.05, 0.1) is 5.41 Å². The highest BCUT2D eigenvalue weighted by Gasteiger charge is 2.42. The van der Waals surface area contributed by atoms with Crippen molar-refractivity contribution in [1.82, 2.24) is 14.3 Å². The topological polar surface area (TPSA) is 74.9 Å². The molecule has 1 amide bonds. The number of amides is 1. The number of imidazole rings is 1. The average Bonchev–Trinajstić information content (AvgIpc) is 3.02. The first kappa shape index (κ1) is 12.7. The maximum atomic E-state index is 12.4. The van der Waals surface area contributed by atoms with Gasteiger partial charge in [-0.1, -0.05) is 6.07 Å². The number of carbonyl (C=O) groups excluding carboxylic acids is 1. The standard InChI is InChI=1S/C14H15N3O3/c1-14(13(19)20)5-7-17(9-14)12(18)10-8-16-6-3-2-4-11(16)15-10/h2-4,6,8H,5,7,9H2,1H3,(H,19,20). The highest BCUT2D eigenvalue weighted by molar-refractivity contribution is 5.93. The van der Waals surface area contributed by atoms with Gasteiger partial charge in [-0.25, -0.2) is 4.98 Å². The first-order valence-electron chi connectivity index (χ1n) is 6.46. The number of aliphatic carboxylic acids is 1. The summed E-state index contributed by atoms with van der Waals surface area (Å²) < 4.78 is 1.78. The van der Waals surface area contributed by atoms with E-state index in [4.69, 9.17) is 0 Å². The quantitative estimate of drug-likeness (QED) is 0.894. The molecule has 6 nitrogen and oxygen atoms in total. The molecule has 1 atom stereocenters. The number of carbonyl (C=O) groups is 2. The molecule has 6 heteroatoms. The third-order valence-corrected chi connectivity index (χ3v) is 3.86. The van der Waals surface area contributed by atoms with Crippen LogP contribution in [-0.2, 0) is 4.79 Å². The minimum atomic E-state index is -0.859. The molecule has 1 fully saturated rings. The molecule has 104 valence electrons. The van der Waals surface area contributed by atoms with Gasteiger partial charge >= 0.3 is 5.97 Å². The van der Waals surface area contributed by atoms with E-state index in [9.17, 15) is 14.7 Å². The molecule has 1 aliphatic rings. The van der Waals surface area contributed by atoms with Crippen LogP contribution < -0.4 is 0 Å². The van der Waals surface area contributed by atoms with E-state index in [-0.39, 0.29) is 12.5 Å². The summed E-state index contributed by atoms with van der Waals surface area (Å²) >= 11 is 0. The van der Waals surface area contributed by atoms with Gasteiger partial charge in [0.25, 0.3) is 5.91 Å². The van der Waals surface area contributed by atoms with Crippen LogP contribution in [0.2, 0.25) is 0 Å². The Balaban J connectivity index is 1.85. The fourth-order valence-corrected chi connectivity index (χ4v) is 2.51. The molecule has 0 radical (unpaired) electrons. The number of nitrogens with zero attached hydrogens (tertiary/aromatic N) is 3. The molecule has 1 aliphatic heterocycles. The van der Waals surface area contributed by atoms with Crippen LogP contribution in [0, 0.1) is 5.41 Å². The third kappa shape index (κ3) is 1.93. The fraction of sp³-hybridized carbons (Fsp3) is 0.357. The molecule has 0 spiro atoms. The van der Waals surface area contributed by atoms with E-state index in [0.717, 1.165) is 0 Å². The summed E-state index contributed by atoms with van der Waals surface area (Å²) in [6.45, 7) is 2.36. The predicted octanol–water partition coefficient (Wildman–Crippen LogP) is 1.27. The van der Waals surface area contributed by atoms with Crippen molar-refractivity contribution >= 4 is 17.5 Å². The summed E-state index contributed by atoms with van der Waals surface area (Å²) in [6.07, 6.45) is 3.97. The number of hydrogen-bond donors (Lipinski definition) is 1. The van der Waals surface area contributed by atoms with Gasteiger partial charge in [0.15, 0.2) is 0 Å². The third-order valence-electron chi connectivity index (χ3n) is 3.86. The highest BCUT2D eigenvalue weighted by atomic mass is 16.4. The SMILES string of the molecule is CC1(C(=O)O)CCN(C(=O)c2cn3ccccc3n2)C1. The minimum absolute atomic E-state index is 0.210. The van der Waals surface area contributed by atoms with Gasteiger partial charge in [-0.05, 0) is 25.5 Å². The Labute approximate surface area is 115 Å². The van der Waals surface area contributed by atoms with E-state index in [1.807, 2.05) is 24.4 Å². The molecular formula is C14H15N3O3. The van der Waals surface area contributed by atoms with Gasteiger partial charge in [-0.3, -0.25) is 9.59 Å². The second-order valence-electron chi connectivity index (χ2n) is 5.43. The van der Waals surface area contributed by atoms with Crippen molar-refractivity contribution < 1.29 is 14.7 Å². The molecule has 0 bridgehead atoms. The molecule has 3 heterocycles. The van der Waals surface area contributed by atoms with E-state index < -0.39 is 11.4 Å². The maximum Gasteiger partial charge on any atom is 0.311 e. The Hall–Kier alpha value is -2.37. The van der Waals surface area contributed by atoms with Crippen LogP contribution in [0.15, 0.2) is 30.6 Å². The van der Waals surface area contributed by atoms with Crippen LogP contribution in [0.3, 0.4) is 0 Å². The van der Waals surface area contributed by atoms with Crippen molar-refractivity contribution in [3.05, 3.63) is 36.3 Å². The summed E-state index contributed by atoms with van der Waals surface area (Å²) in [5.74, 6) is -1.07. The van der Waals surface area contributed by atoms with Crippen molar-refractivity contribution in [1.29, 1.82) is 0 Å². The van der Waals surface area contributed by atoms with E-state index >= 15 is 0 Å². The zero-order chi connectivity index (χ0) is 14.3. The zero-order valence-corrected chi connectivity index (χ0v) is 11.1. The molecule has 20 heavy (non-hydrogen) atoms. The molecule has 2 aromatic rings. The molecular weight excluding hydrogens is 258 g/mol. The van der Waals surface area contributed by atoms with E-state index in [1.165, 1.54) is 0 Å². The normalized spacial score (nSPS) is 22.4. The number of pyridine rings is 1. The second-order valence-corrected chi connectivity index (χ2v) is 5.43. The number of likely N-dealkylation sites (tertiary alicyclic amines) is 1. The zero-order valence-electron chi connectivity index (χ0n) is 11.1. The van der Waals surface area contributed by atoms with Gasteiger partial charge in [-0.2, -0.15) is 0 Å². The lowest BCUT2D eigenvalue weighted by Crippen LogP contribution is -2.35. The van der Waals surface area contributed by atoms with Crippen LogP contribution in [0.5, 0.6) is 0 Å². The number of fused-ring (bicyclic) bond motifs is 1. The first-order chi connectivity index (χ1) is 9.49. The summed E-state index contributed by atoms with van der Waals surface area (Å²) in [5, 5.41) is 9.20. The largest absolute Gasteiger partial charge is 0.481 e. The Kier molecular flexibility index (Phi) is 2.74. The van der Waals surface area contributed by atoms with Crippen LogP contribution >= 0.6 is 0 Å². The number of hydrogen-bond acceptors (Lipinski definition) is 3. The lowest BCUT2D eigenvalue weighted by atomic mass is 9.90. The van der Waals surface area contributed by atoms with Crippen molar-refractivity contribution in [2.24, 2.45) is 5.41 Å². The van der Waals surface area contributed by atoms with Crippen LogP contribution in [0.1, 0.15) is 23.8 Å². The Morgan fingerprint density at radius 2 is 2.20 bits per heavy atom. The van der Waals surface area contributed by atoms with Crippen LogP contribution in [0.25, 0.3) is 5.65 Å². The fourth-order valence-electron chi connectivity index (χ4n) is 2.51. The van der Waals surface area contributed by atoms with Gasteiger partial charge < -0.3 is 14.4 Å². The van der Waals surface area contributed by atoms with Gasteiger partial charge in [0.2, 0.25) is 0 Å². The molecule has 2 aromatic heterocycles. The number of carboxylic acid groups (broad SMARTS) is 1. The van der Waals surface area contributed by atoms with E-state index in [0.29, 0.717) is 24.3 Å². The smallest absolute Gasteiger partial charge is 0.311 e. The molecule has 0 aliphatic carbocycles. The molecule has 3 rings (SSSR count). The Morgan fingerprint density at radius 1 is 1.40 bits per heavy atom. The summed E-state index contributed by atoms with van der Waals surface area (Å²) in [7, 11) is 0. The monoisotopic (exact) mass is 273 g/mol. The van der Waals surface area contributed by atoms with Gasteiger partial charge in [0.1, 0.15) is 11.3 Å². The van der Waals surface area contributed by atoms with E-state index in [1.54, 1.807) is 22.4 Å². The first-order valence-corrected chi connectivity index (χ1v) is 6.46. The average molecular weight is 273 g/mol. The lowest BCUT2D eigenvalue weighted by molar-refractivity contribution is -0.147.